The van der Waals surface area contributed by atoms with Crippen molar-refractivity contribution in [2.45, 2.75) is 6.92 Å². The van der Waals surface area contributed by atoms with Crippen molar-refractivity contribution in [1.29, 1.82) is 0 Å². The maximum Gasteiger partial charge on any atom is 0.358 e. The van der Waals surface area contributed by atoms with Gasteiger partial charge in [-0.25, -0.2) is 9.48 Å². The van der Waals surface area contributed by atoms with Crippen molar-refractivity contribution >= 4 is 5.97 Å². The van der Waals surface area contributed by atoms with Crippen molar-refractivity contribution in [3.05, 3.63) is 35.9 Å². The van der Waals surface area contributed by atoms with Crippen LogP contribution in [0.3, 0.4) is 0 Å². The largest absolute Gasteiger partial charge is 0.476 e. The molecule has 0 unspecified atom stereocenters. The monoisotopic (exact) mass is 204 g/mol. The molecule has 0 bridgehead atoms. The van der Waals surface area contributed by atoms with E-state index in [1.165, 1.54) is 4.68 Å². The summed E-state index contributed by atoms with van der Waals surface area (Å²) in [6.45, 7) is 1.65. The van der Waals surface area contributed by atoms with Crippen LogP contribution in [0.4, 0.5) is 0 Å². The number of carboxylic acids is 1. The first-order valence-corrected chi connectivity index (χ1v) is 4.26. The van der Waals surface area contributed by atoms with Gasteiger partial charge in [-0.3, -0.25) is 4.98 Å². The number of hydrogen-bond donors (Lipinski definition) is 1. The molecule has 2 rings (SSSR count). The van der Waals surface area contributed by atoms with Crippen LogP contribution >= 0.6 is 0 Å². The highest BCUT2D eigenvalue weighted by Crippen LogP contribution is 2.10. The van der Waals surface area contributed by atoms with Crippen LogP contribution in [0.5, 0.6) is 0 Å². The van der Waals surface area contributed by atoms with E-state index in [1.54, 1.807) is 31.5 Å². The highest BCUT2D eigenvalue weighted by Gasteiger charge is 2.15. The second-order valence-corrected chi connectivity index (χ2v) is 2.95. The smallest absolute Gasteiger partial charge is 0.358 e. The van der Waals surface area contributed by atoms with Crippen molar-refractivity contribution in [2.24, 2.45) is 0 Å². The standard InChI is InChI=1S/C9H8N4O2/c1-6-8(9(14)15)11-12-13(6)7-3-2-4-10-5-7/h2-5H,1H3,(H,14,15). The Morgan fingerprint density at radius 3 is 2.87 bits per heavy atom. The zero-order valence-corrected chi connectivity index (χ0v) is 7.95. The first-order valence-electron chi connectivity index (χ1n) is 4.26. The summed E-state index contributed by atoms with van der Waals surface area (Å²) in [6.07, 6.45) is 3.22. The van der Waals surface area contributed by atoms with Gasteiger partial charge >= 0.3 is 5.97 Å². The van der Waals surface area contributed by atoms with Crippen molar-refractivity contribution < 1.29 is 9.90 Å². The van der Waals surface area contributed by atoms with Crippen LogP contribution in [0, 0.1) is 6.92 Å². The molecule has 0 saturated heterocycles. The maximum atomic E-state index is 10.7. The molecule has 76 valence electrons. The van der Waals surface area contributed by atoms with E-state index in [-0.39, 0.29) is 5.69 Å². The van der Waals surface area contributed by atoms with Gasteiger partial charge in [0, 0.05) is 6.20 Å². The minimum absolute atomic E-state index is 0.0427. The Hall–Kier alpha value is -2.24. The average Bonchev–Trinajstić information content (AvgIpc) is 2.61. The van der Waals surface area contributed by atoms with E-state index in [2.05, 4.69) is 15.3 Å². The molecule has 2 aromatic rings. The molecule has 0 aliphatic carbocycles. The quantitative estimate of drug-likeness (QED) is 0.777. The van der Waals surface area contributed by atoms with E-state index in [4.69, 9.17) is 5.11 Å². The summed E-state index contributed by atoms with van der Waals surface area (Å²) in [5, 5.41) is 16.1. The van der Waals surface area contributed by atoms with Crippen LogP contribution < -0.4 is 0 Å². The molecule has 0 radical (unpaired) electrons. The molecular weight excluding hydrogens is 196 g/mol. The second-order valence-electron chi connectivity index (χ2n) is 2.95. The summed E-state index contributed by atoms with van der Waals surface area (Å²) in [5.74, 6) is -1.08. The Kier molecular flexibility index (Phi) is 2.17. The summed E-state index contributed by atoms with van der Waals surface area (Å²) in [5.41, 5.74) is 1.13. The number of aromatic carboxylic acids is 1. The summed E-state index contributed by atoms with van der Waals surface area (Å²) >= 11 is 0. The molecule has 2 heterocycles. The maximum absolute atomic E-state index is 10.7. The molecule has 0 saturated carbocycles. The van der Waals surface area contributed by atoms with E-state index in [1.807, 2.05) is 0 Å². The summed E-state index contributed by atoms with van der Waals surface area (Å²) < 4.78 is 1.44. The summed E-state index contributed by atoms with van der Waals surface area (Å²) in [7, 11) is 0. The second kappa shape index (κ2) is 3.49. The Morgan fingerprint density at radius 2 is 2.33 bits per heavy atom. The van der Waals surface area contributed by atoms with E-state index >= 15 is 0 Å². The fourth-order valence-electron chi connectivity index (χ4n) is 1.25. The normalized spacial score (nSPS) is 10.2. The number of aromatic nitrogens is 4. The fraction of sp³-hybridized carbons (Fsp3) is 0.111. The first-order chi connectivity index (χ1) is 7.20. The van der Waals surface area contributed by atoms with Gasteiger partial charge in [-0.1, -0.05) is 5.21 Å². The van der Waals surface area contributed by atoms with Crippen LogP contribution in [0.25, 0.3) is 5.69 Å². The molecule has 2 aromatic heterocycles. The minimum atomic E-state index is -1.08. The number of pyridine rings is 1. The van der Waals surface area contributed by atoms with Crippen LogP contribution in [0.1, 0.15) is 16.2 Å². The van der Waals surface area contributed by atoms with E-state index in [9.17, 15) is 4.79 Å². The highest BCUT2D eigenvalue weighted by molar-refractivity contribution is 5.86. The topological polar surface area (TPSA) is 80.9 Å². The first kappa shape index (κ1) is 9.32. The van der Waals surface area contributed by atoms with Gasteiger partial charge in [0.05, 0.1) is 17.6 Å². The lowest BCUT2D eigenvalue weighted by Crippen LogP contribution is -2.02. The molecule has 0 atom stereocenters. The Morgan fingerprint density at radius 1 is 1.53 bits per heavy atom. The van der Waals surface area contributed by atoms with Crippen molar-refractivity contribution in [1.82, 2.24) is 20.0 Å². The predicted octanol–water partition coefficient (Wildman–Crippen LogP) is 0.669. The molecule has 6 heteroatoms. The minimum Gasteiger partial charge on any atom is -0.476 e. The summed E-state index contributed by atoms with van der Waals surface area (Å²) in [4.78, 5) is 14.7. The van der Waals surface area contributed by atoms with Gasteiger partial charge in [0.15, 0.2) is 5.69 Å². The lowest BCUT2D eigenvalue weighted by Gasteiger charge is -2.00. The molecule has 0 spiro atoms. The molecule has 0 aromatic carbocycles. The SMILES string of the molecule is Cc1c(C(=O)O)nnn1-c1cccnc1. The Balaban J connectivity index is 2.52. The van der Waals surface area contributed by atoms with Crippen molar-refractivity contribution in [3.8, 4) is 5.69 Å². The van der Waals surface area contributed by atoms with E-state index in [0.29, 0.717) is 11.4 Å². The molecule has 0 fully saturated rings. The van der Waals surface area contributed by atoms with Gasteiger partial charge < -0.3 is 5.11 Å². The third kappa shape index (κ3) is 1.56. The molecule has 0 amide bonds. The van der Waals surface area contributed by atoms with Gasteiger partial charge in [0.2, 0.25) is 0 Å². The molecular formula is C9H8N4O2. The third-order valence-corrected chi connectivity index (χ3v) is 1.99. The van der Waals surface area contributed by atoms with Gasteiger partial charge in [-0.15, -0.1) is 5.10 Å². The van der Waals surface area contributed by atoms with Crippen LogP contribution in [0.2, 0.25) is 0 Å². The lowest BCUT2D eigenvalue weighted by molar-refractivity contribution is 0.0689. The lowest BCUT2D eigenvalue weighted by atomic mass is 10.3. The molecule has 1 N–H and O–H groups in total. The summed E-state index contributed by atoms with van der Waals surface area (Å²) in [6, 6.07) is 3.53. The van der Waals surface area contributed by atoms with Crippen LogP contribution in [-0.2, 0) is 0 Å². The number of carbonyl (C=O) groups is 1. The number of rotatable bonds is 2. The van der Waals surface area contributed by atoms with E-state index < -0.39 is 5.97 Å². The molecule has 15 heavy (non-hydrogen) atoms. The molecule has 0 aliphatic heterocycles. The zero-order chi connectivity index (χ0) is 10.8. The van der Waals surface area contributed by atoms with Crippen LogP contribution in [-0.4, -0.2) is 31.1 Å². The highest BCUT2D eigenvalue weighted by atomic mass is 16.4. The Bertz CT molecular complexity index is 492. The molecule has 0 aliphatic rings. The van der Waals surface area contributed by atoms with Gasteiger partial charge in [0.1, 0.15) is 0 Å². The third-order valence-electron chi connectivity index (χ3n) is 1.99. The van der Waals surface area contributed by atoms with Crippen molar-refractivity contribution in [3.63, 3.8) is 0 Å². The number of nitrogens with zero attached hydrogens (tertiary/aromatic N) is 4. The number of hydrogen-bond acceptors (Lipinski definition) is 4. The number of carboxylic acid groups (broad SMARTS) is 1. The van der Waals surface area contributed by atoms with Gasteiger partial charge in [-0.05, 0) is 19.1 Å². The van der Waals surface area contributed by atoms with Crippen LogP contribution in [0.15, 0.2) is 24.5 Å². The fourth-order valence-corrected chi connectivity index (χ4v) is 1.25. The average molecular weight is 204 g/mol. The van der Waals surface area contributed by atoms with Crippen molar-refractivity contribution in [2.75, 3.05) is 0 Å². The van der Waals surface area contributed by atoms with E-state index in [0.717, 1.165) is 0 Å². The Labute approximate surface area is 85.2 Å². The van der Waals surface area contributed by atoms with Gasteiger partial charge in [-0.2, -0.15) is 0 Å². The van der Waals surface area contributed by atoms with Gasteiger partial charge in [0.25, 0.3) is 0 Å². The zero-order valence-electron chi connectivity index (χ0n) is 7.95. The predicted molar refractivity (Wildman–Crippen MR) is 50.9 cm³/mol. The molecule has 6 nitrogen and oxygen atoms in total.